The molecule has 0 aliphatic carbocycles. The number of aromatic amines is 1. The number of thioether (sulfide) groups is 1. The minimum atomic E-state index is -1.17. The number of carbonyl (C=O) groups is 4. The maximum atomic E-state index is 13.3. The molecule has 1 aromatic carbocycles. The molecular weight excluding hydrogens is 524 g/mol. The number of aliphatic carboxylic acids is 1. The summed E-state index contributed by atoms with van der Waals surface area (Å²) in [7, 11) is 0. The smallest absolute Gasteiger partial charge is 0.326 e. The van der Waals surface area contributed by atoms with E-state index in [0.29, 0.717) is 17.9 Å². The van der Waals surface area contributed by atoms with Crippen LogP contribution in [0.15, 0.2) is 36.8 Å². The monoisotopic (exact) mass is 562 g/mol. The van der Waals surface area contributed by atoms with E-state index in [1.54, 1.807) is 19.1 Å². The van der Waals surface area contributed by atoms with Gasteiger partial charge in [0.25, 0.3) is 0 Å². The van der Waals surface area contributed by atoms with Crippen molar-refractivity contribution in [3.63, 3.8) is 0 Å². The van der Waals surface area contributed by atoms with Gasteiger partial charge in [-0.1, -0.05) is 32.4 Å². The first-order valence-electron chi connectivity index (χ1n) is 12.7. The number of aromatic nitrogens is 2. The summed E-state index contributed by atoms with van der Waals surface area (Å²) in [6.45, 7) is 3.54. The van der Waals surface area contributed by atoms with Crippen molar-refractivity contribution in [1.29, 1.82) is 0 Å². The van der Waals surface area contributed by atoms with E-state index in [0.717, 1.165) is 5.56 Å². The van der Waals surface area contributed by atoms with Gasteiger partial charge in [0.1, 0.15) is 23.9 Å². The Morgan fingerprint density at radius 1 is 1.03 bits per heavy atom. The van der Waals surface area contributed by atoms with Crippen LogP contribution in [0.2, 0.25) is 0 Å². The third kappa shape index (κ3) is 10.2. The predicted molar refractivity (Wildman–Crippen MR) is 148 cm³/mol. The van der Waals surface area contributed by atoms with Gasteiger partial charge in [-0.25, -0.2) is 9.78 Å². The number of imidazole rings is 1. The van der Waals surface area contributed by atoms with E-state index in [1.165, 1.54) is 36.4 Å². The quantitative estimate of drug-likeness (QED) is 0.153. The van der Waals surface area contributed by atoms with Crippen LogP contribution in [0.1, 0.15) is 37.9 Å². The Balaban J connectivity index is 2.16. The number of aromatic hydroxyl groups is 1. The highest BCUT2D eigenvalue weighted by Crippen LogP contribution is 2.12. The number of phenols is 1. The molecule has 2 rings (SSSR count). The average molecular weight is 563 g/mol. The van der Waals surface area contributed by atoms with Gasteiger partial charge in [-0.05, 0) is 48.5 Å². The Morgan fingerprint density at radius 2 is 1.67 bits per heavy atom. The van der Waals surface area contributed by atoms with Crippen molar-refractivity contribution in [2.45, 2.75) is 63.7 Å². The van der Waals surface area contributed by atoms with Gasteiger partial charge in [-0.3, -0.25) is 14.4 Å². The molecular formula is C26H38N6O6S. The van der Waals surface area contributed by atoms with Crippen molar-refractivity contribution in [3.05, 3.63) is 48.0 Å². The molecule has 214 valence electrons. The van der Waals surface area contributed by atoms with Crippen LogP contribution in [0, 0.1) is 5.92 Å². The van der Waals surface area contributed by atoms with E-state index in [9.17, 15) is 29.4 Å². The van der Waals surface area contributed by atoms with Crippen LogP contribution in [0.3, 0.4) is 0 Å². The maximum Gasteiger partial charge on any atom is 0.326 e. The van der Waals surface area contributed by atoms with Crippen LogP contribution in [0.5, 0.6) is 5.75 Å². The Labute approximate surface area is 231 Å². The molecule has 5 atom stereocenters. The zero-order valence-electron chi connectivity index (χ0n) is 22.3. The molecule has 0 bridgehead atoms. The molecule has 0 aliphatic rings. The summed E-state index contributed by atoms with van der Waals surface area (Å²) >= 11 is 1.49. The normalized spacial score (nSPS) is 14.9. The summed E-state index contributed by atoms with van der Waals surface area (Å²) in [6.07, 6.45) is 5.85. The minimum Gasteiger partial charge on any atom is -0.508 e. The SMILES string of the molecule is CCC(C)C(NC(=O)C(Cc1cnc[nH]1)NC(=O)C(CCSC)NC(=O)C(N)Cc1ccc(O)cc1)C(=O)O. The van der Waals surface area contributed by atoms with E-state index >= 15 is 0 Å². The minimum absolute atomic E-state index is 0.0357. The molecule has 0 spiro atoms. The highest BCUT2D eigenvalue weighted by atomic mass is 32.2. The molecule has 8 N–H and O–H groups in total. The number of nitrogens with one attached hydrogen (secondary N) is 4. The summed E-state index contributed by atoms with van der Waals surface area (Å²) in [4.78, 5) is 58.0. The van der Waals surface area contributed by atoms with Crippen LogP contribution in [-0.4, -0.2) is 80.0 Å². The van der Waals surface area contributed by atoms with Gasteiger partial charge in [0.2, 0.25) is 17.7 Å². The first-order chi connectivity index (χ1) is 18.5. The lowest BCUT2D eigenvalue weighted by Gasteiger charge is -2.26. The zero-order chi connectivity index (χ0) is 28.9. The number of hydrogen-bond acceptors (Lipinski definition) is 8. The van der Waals surface area contributed by atoms with Crippen LogP contribution in [0.4, 0.5) is 0 Å². The van der Waals surface area contributed by atoms with Gasteiger partial charge < -0.3 is 36.9 Å². The Bertz CT molecular complexity index is 1080. The van der Waals surface area contributed by atoms with E-state index in [-0.39, 0.29) is 30.9 Å². The van der Waals surface area contributed by atoms with Crippen molar-refractivity contribution in [2.24, 2.45) is 11.7 Å². The van der Waals surface area contributed by atoms with Gasteiger partial charge in [-0.2, -0.15) is 11.8 Å². The summed E-state index contributed by atoms with van der Waals surface area (Å²) in [6, 6.07) is 2.13. The summed E-state index contributed by atoms with van der Waals surface area (Å²) < 4.78 is 0. The van der Waals surface area contributed by atoms with Crippen molar-refractivity contribution >= 4 is 35.5 Å². The molecule has 2 aromatic rings. The average Bonchev–Trinajstić information content (AvgIpc) is 3.42. The molecule has 0 saturated heterocycles. The number of carbonyl (C=O) groups excluding carboxylic acids is 3. The van der Waals surface area contributed by atoms with Crippen molar-refractivity contribution in [1.82, 2.24) is 25.9 Å². The summed E-state index contributed by atoms with van der Waals surface area (Å²) in [5, 5.41) is 27.0. The number of nitrogens with two attached hydrogens (primary N) is 1. The second-order valence-electron chi connectivity index (χ2n) is 9.37. The van der Waals surface area contributed by atoms with E-state index in [1.807, 2.05) is 13.2 Å². The summed E-state index contributed by atoms with van der Waals surface area (Å²) in [5.41, 5.74) is 7.39. The Morgan fingerprint density at radius 3 is 2.23 bits per heavy atom. The van der Waals surface area contributed by atoms with Gasteiger partial charge in [0.15, 0.2) is 0 Å². The molecule has 0 fully saturated rings. The number of carboxylic acids is 1. The number of rotatable bonds is 16. The second kappa shape index (κ2) is 15.7. The standard InChI is InChI=1S/C26H38N6O6S/c1-4-15(2)22(26(37)38)32-25(36)21(12-17-13-28-14-29-17)31-24(35)20(9-10-39-3)30-23(34)19(27)11-16-5-7-18(33)8-6-16/h5-8,13-15,19-22,33H,4,9-12,27H2,1-3H3,(H,28,29)(H,30,34)(H,31,35)(H,32,36)(H,37,38). The fraction of sp³-hybridized carbons (Fsp3) is 0.500. The predicted octanol–water partition coefficient (Wildman–Crippen LogP) is 0.566. The van der Waals surface area contributed by atoms with Crippen molar-refractivity contribution in [2.75, 3.05) is 12.0 Å². The maximum absolute atomic E-state index is 13.3. The lowest BCUT2D eigenvalue weighted by atomic mass is 9.98. The molecule has 0 radical (unpaired) electrons. The molecule has 13 heteroatoms. The molecule has 1 heterocycles. The van der Waals surface area contributed by atoms with Gasteiger partial charge in [0, 0.05) is 18.3 Å². The lowest BCUT2D eigenvalue weighted by molar-refractivity contribution is -0.143. The molecule has 3 amide bonds. The molecule has 0 saturated carbocycles. The van der Waals surface area contributed by atoms with Crippen LogP contribution in [0.25, 0.3) is 0 Å². The van der Waals surface area contributed by atoms with Crippen LogP contribution < -0.4 is 21.7 Å². The van der Waals surface area contributed by atoms with E-state index < -0.39 is 47.9 Å². The van der Waals surface area contributed by atoms with Gasteiger partial charge in [-0.15, -0.1) is 0 Å². The number of hydrogen-bond donors (Lipinski definition) is 7. The molecule has 5 unspecified atom stereocenters. The molecule has 0 aliphatic heterocycles. The first kappa shape index (κ1) is 31.6. The number of phenolic OH excluding ortho intramolecular Hbond substituents is 1. The lowest BCUT2D eigenvalue weighted by Crippen LogP contribution is -2.58. The Hall–Kier alpha value is -3.58. The number of carboxylic acid groups (broad SMARTS) is 1. The van der Waals surface area contributed by atoms with Gasteiger partial charge in [0.05, 0.1) is 12.4 Å². The highest BCUT2D eigenvalue weighted by Gasteiger charge is 2.32. The first-order valence-corrected chi connectivity index (χ1v) is 14.1. The largest absolute Gasteiger partial charge is 0.508 e. The molecule has 1 aromatic heterocycles. The molecule has 12 nitrogen and oxygen atoms in total. The van der Waals surface area contributed by atoms with E-state index in [2.05, 4.69) is 25.9 Å². The number of benzene rings is 1. The fourth-order valence-electron chi connectivity index (χ4n) is 3.80. The zero-order valence-corrected chi connectivity index (χ0v) is 23.2. The van der Waals surface area contributed by atoms with Gasteiger partial charge >= 0.3 is 5.97 Å². The van der Waals surface area contributed by atoms with Crippen molar-refractivity contribution in [3.8, 4) is 5.75 Å². The third-order valence-electron chi connectivity index (χ3n) is 6.36. The second-order valence-corrected chi connectivity index (χ2v) is 10.4. The summed E-state index contributed by atoms with van der Waals surface area (Å²) in [5.74, 6) is -2.65. The Kier molecular flexibility index (Phi) is 12.8. The van der Waals surface area contributed by atoms with Crippen LogP contribution >= 0.6 is 11.8 Å². The number of nitrogens with zero attached hydrogens (tertiary/aromatic N) is 1. The van der Waals surface area contributed by atoms with Crippen LogP contribution in [-0.2, 0) is 32.0 Å². The molecule has 39 heavy (non-hydrogen) atoms. The highest BCUT2D eigenvalue weighted by molar-refractivity contribution is 7.98. The number of amides is 3. The fourth-order valence-corrected chi connectivity index (χ4v) is 4.27. The topological polar surface area (TPSA) is 200 Å². The third-order valence-corrected chi connectivity index (χ3v) is 7.00. The number of H-pyrrole nitrogens is 1. The van der Waals surface area contributed by atoms with E-state index in [4.69, 9.17) is 5.73 Å². The van der Waals surface area contributed by atoms with Crippen molar-refractivity contribution < 1.29 is 29.4 Å².